The summed E-state index contributed by atoms with van der Waals surface area (Å²) in [4.78, 5) is 0. The van der Waals surface area contributed by atoms with Crippen molar-refractivity contribution < 1.29 is 44.8 Å². The molecule has 4 unspecified atom stereocenters. The van der Waals surface area contributed by atoms with E-state index in [4.69, 9.17) is 24.4 Å². The molecule has 0 spiro atoms. The van der Waals surface area contributed by atoms with Crippen molar-refractivity contribution in [1.82, 2.24) is 0 Å². The molecule has 1 aromatic carbocycles. The predicted octanol–water partition coefficient (Wildman–Crippen LogP) is 2.60. The van der Waals surface area contributed by atoms with Gasteiger partial charge in [-0.05, 0) is 70.4 Å². The summed E-state index contributed by atoms with van der Waals surface area (Å²) in [5, 5.41) is 56.1. The Hall–Kier alpha value is -1.30. The summed E-state index contributed by atoms with van der Waals surface area (Å²) in [6.07, 6.45) is 3.17. The quantitative estimate of drug-likeness (QED) is 0.137. The summed E-state index contributed by atoms with van der Waals surface area (Å²) in [6.45, 7) is 7.25. The molecule has 4 atom stereocenters. The van der Waals surface area contributed by atoms with Crippen molar-refractivity contribution in [2.75, 3.05) is 46.8 Å². The van der Waals surface area contributed by atoms with Crippen molar-refractivity contribution in [2.45, 2.75) is 96.6 Å². The van der Waals surface area contributed by atoms with Crippen molar-refractivity contribution >= 4 is 0 Å². The van der Waals surface area contributed by atoms with Gasteiger partial charge in [0.25, 0.3) is 0 Å². The lowest BCUT2D eigenvalue weighted by Gasteiger charge is -2.29. The number of methoxy groups -OCH3 is 1. The molecular formula is C29H54O9. The maximum atomic E-state index is 9.77. The van der Waals surface area contributed by atoms with Crippen LogP contribution in [-0.4, -0.2) is 102 Å². The molecule has 0 aliphatic heterocycles. The second-order valence-corrected chi connectivity index (χ2v) is 10.1. The average molecular weight is 547 g/mol. The van der Waals surface area contributed by atoms with E-state index in [2.05, 4.69) is 0 Å². The molecule has 0 fully saturated rings. The summed E-state index contributed by atoms with van der Waals surface area (Å²) in [7, 11) is 1.56. The van der Waals surface area contributed by atoms with E-state index in [9.17, 15) is 20.4 Å². The number of hydrogen-bond donors (Lipinski definition) is 6. The van der Waals surface area contributed by atoms with E-state index in [1.807, 2.05) is 45.0 Å². The second kappa shape index (κ2) is 22.5. The SMILES string of the molecule is CCC(CC)(CO)COCC(O)CCCC(O)CO.COCC(O)CCCC(O)COc1ccc(C)cc1. The standard InChI is InChI=1S/C15H24O4.C14H30O5/c1-12-6-8-15(9-7-12)19-11-14(17)5-3-4-13(16)10-18-2;1-3-14(4-2,10-16)11-19-9-13(18)7-5-6-12(17)8-15/h6-9,13-14,16-17H,3-5,10-11H2,1-2H3;12-13,15-18H,3-11H2,1-2H3. The number of rotatable bonds is 21. The fourth-order valence-corrected chi connectivity index (χ4v) is 3.67. The first kappa shape index (κ1) is 36.7. The van der Waals surface area contributed by atoms with Crippen LogP contribution in [0.1, 0.15) is 70.8 Å². The lowest BCUT2D eigenvalue weighted by Crippen LogP contribution is -2.31. The first-order chi connectivity index (χ1) is 18.1. The molecule has 9 nitrogen and oxygen atoms in total. The van der Waals surface area contributed by atoms with Crippen LogP contribution < -0.4 is 4.74 Å². The van der Waals surface area contributed by atoms with Gasteiger partial charge in [-0.15, -0.1) is 0 Å². The summed E-state index contributed by atoms with van der Waals surface area (Å²) in [6, 6.07) is 7.74. The minimum absolute atomic E-state index is 0.0960. The highest BCUT2D eigenvalue weighted by Crippen LogP contribution is 2.26. The maximum absolute atomic E-state index is 9.77. The van der Waals surface area contributed by atoms with Gasteiger partial charge in [-0.1, -0.05) is 31.5 Å². The number of ether oxygens (including phenoxy) is 3. The van der Waals surface area contributed by atoms with Crippen molar-refractivity contribution in [3.8, 4) is 5.75 Å². The highest BCUT2D eigenvalue weighted by Gasteiger charge is 2.25. The summed E-state index contributed by atoms with van der Waals surface area (Å²) >= 11 is 0. The lowest BCUT2D eigenvalue weighted by atomic mass is 9.84. The van der Waals surface area contributed by atoms with Crippen LogP contribution in [0.2, 0.25) is 0 Å². The molecule has 0 amide bonds. The van der Waals surface area contributed by atoms with E-state index < -0.39 is 24.4 Å². The van der Waals surface area contributed by atoms with Crippen LogP contribution in [0.15, 0.2) is 24.3 Å². The van der Waals surface area contributed by atoms with Crippen molar-refractivity contribution in [2.24, 2.45) is 5.41 Å². The van der Waals surface area contributed by atoms with Gasteiger partial charge in [0.2, 0.25) is 0 Å². The van der Waals surface area contributed by atoms with E-state index in [1.54, 1.807) is 7.11 Å². The van der Waals surface area contributed by atoms with Crippen LogP contribution in [0.3, 0.4) is 0 Å². The number of aliphatic hydroxyl groups excluding tert-OH is 6. The zero-order valence-corrected chi connectivity index (χ0v) is 23.9. The molecular weight excluding hydrogens is 492 g/mol. The first-order valence-corrected chi connectivity index (χ1v) is 13.8. The Morgan fingerprint density at radius 2 is 1.24 bits per heavy atom. The van der Waals surface area contributed by atoms with E-state index in [0.717, 1.165) is 25.0 Å². The van der Waals surface area contributed by atoms with Gasteiger partial charge in [0.1, 0.15) is 12.4 Å². The molecule has 0 saturated carbocycles. The van der Waals surface area contributed by atoms with Crippen LogP contribution in [-0.2, 0) is 9.47 Å². The Bertz CT molecular complexity index is 644. The first-order valence-electron chi connectivity index (χ1n) is 13.8. The molecule has 0 aliphatic rings. The highest BCUT2D eigenvalue weighted by atomic mass is 16.5. The van der Waals surface area contributed by atoms with Gasteiger partial charge >= 0.3 is 0 Å². The minimum Gasteiger partial charge on any atom is -0.491 e. The second-order valence-electron chi connectivity index (χ2n) is 10.1. The largest absolute Gasteiger partial charge is 0.491 e. The third kappa shape index (κ3) is 18.1. The highest BCUT2D eigenvalue weighted by molar-refractivity contribution is 5.26. The van der Waals surface area contributed by atoms with Crippen LogP contribution in [0.25, 0.3) is 0 Å². The van der Waals surface area contributed by atoms with Crippen molar-refractivity contribution in [1.29, 1.82) is 0 Å². The normalized spacial score (nSPS) is 14.8. The van der Waals surface area contributed by atoms with Crippen LogP contribution in [0.4, 0.5) is 0 Å². The fraction of sp³-hybridized carbons (Fsp3) is 0.793. The molecule has 0 radical (unpaired) electrons. The average Bonchev–Trinajstić information content (AvgIpc) is 2.91. The molecule has 1 rings (SSSR count). The maximum Gasteiger partial charge on any atom is 0.119 e. The Kier molecular flexibility index (Phi) is 21.7. The van der Waals surface area contributed by atoms with Gasteiger partial charge in [-0.3, -0.25) is 0 Å². The van der Waals surface area contributed by atoms with E-state index in [0.29, 0.717) is 45.3 Å². The topological polar surface area (TPSA) is 149 Å². The predicted molar refractivity (Wildman–Crippen MR) is 148 cm³/mol. The Morgan fingerprint density at radius 3 is 1.71 bits per heavy atom. The molecule has 0 aliphatic carbocycles. The Morgan fingerprint density at radius 1 is 0.737 bits per heavy atom. The van der Waals surface area contributed by atoms with Gasteiger partial charge < -0.3 is 44.8 Å². The molecule has 0 aromatic heterocycles. The van der Waals surface area contributed by atoms with Crippen LogP contribution in [0.5, 0.6) is 5.75 Å². The molecule has 9 heteroatoms. The molecule has 0 heterocycles. The fourth-order valence-electron chi connectivity index (χ4n) is 3.67. The molecule has 224 valence electrons. The van der Waals surface area contributed by atoms with Gasteiger partial charge in [-0.2, -0.15) is 0 Å². The third-order valence-corrected chi connectivity index (χ3v) is 6.74. The van der Waals surface area contributed by atoms with Crippen LogP contribution in [0, 0.1) is 12.3 Å². The van der Waals surface area contributed by atoms with Crippen molar-refractivity contribution in [3.63, 3.8) is 0 Å². The summed E-state index contributed by atoms with van der Waals surface area (Å²) in [5.74, 6) is 0.768. The van der Waals surface area contributed by atoms with Crippen molar-refractivity contribution in [3.05, 3.63) is 29.8 Å². The smallest absolute Gasteiger partial charge is 0.119 e. The lowest BCUT2D eigenvalue weighted by molar-refractivity contribution is -0.0340. The molecule has 0 saturated heterocycles. The third-order valence-electron chi connectivity index (χ3n) is 6.74. The minimum atomic E-state index is -0.699. The number of hydrogen-bond acceptors (Lipinski definition) is 9. The molecule has 0 bridgehead atoms. The van der Waals surface area contributed by atoms with E-state index in [-0.39, 0.29) is 31.8 Å². The molecule has 6 N–H and O–H groups in total. The molecule has 38 heavy (non-hydrogen) atoms. The summed E-state index contributed by atoms with van der Waals surface area (Å²) < 4.78 is 15.8. The van der Waals surface area contributed by atoms with Gasteiger partial charge in [0.15, 0.2) is 0 Å². The summed E-state index contributed by atoms with van der Waals surface area (Å²) in [5.41, 5.74) is 0.979. The number of aryl methyl sites for hydroxylation is 1. The zero-order valence-electron chi connectivity index (χ0n) is 23.9. The zero-order chi connectivity index (χ0) is 28.8. The number of aliphatic hydroxyl groups is 6. The Balaban J connectivity index is 0.000000721. The number of benzene rings is 1. The Labute approximate surface area is 229 Å². The monoisotopic (exact) mass is 546 g/mol. The van der Waals surface area contributed by atoms with Crippen LogP contribution >= 0.6 is 0 Å². The van der Waals surface area contributed by atoms with Gasteiger partial charge in [-0.25, -0.2) is 0 Å². The van der Waals surface area contributed by atoms with E-state index >= 15 is 0 Å². The van der Waals surface area contributed by atoms with E-state index in [1.165, 1.54) is 5.56 Å². The van der Waals surface area contributed by atoms with Gasteiger partial charge in [0, 0.05) is 12.5 Å². The molecule has 1 aromatic rings. The van der Waals surface area contributed by atoms with Gasteiger partial charge in [0.05, 0.1) is 57.5 Å².